The summed E-state index contributed by atoms with van der Waals surface area (Å²) < 4.78 is 49.2. The third-order valence-electron chi connectivity index (χ3n) is 12.5. The SMILES string of the molecule is CC[C@@H]1OC(=O)[C@@](C)(F)C(=O)[C@H](C)[C@@H](O[C@@H]2O[C@H](CO)C[C@H](N(C)C)[C@H]2O)[C@@](C)(OC)C[C@@H](C)N[C@@H](C)[C@H]2N(CCCCn3cc(-c4cccc(N)n4)nn3)C(=O)O[C@]12C. The number of hydrogen-bond acceptors (Lipinski definition) is 16. The summed E-state index contributed by atoms with van der Waals surface area (Å²) in [6.45, 7) is 11.7. The van der Waals surface area contributed by atoms with Crippen molar-refractivity contribution in [1.29, 1.82) is 0 Å². The standard InChI is InChI=1S/C41H65FN8O10/c1-11-30-41(7)33(50(38(55)60-41)18-13-12-17-49-21-28(46-47-49)27-15-14-16-31(43)45-27)25(4)44-23(2)20-39(5,56-10)35(24(3)34(53)40(6,42)37(54)58-30)59-36-32(52)29(48(8)9)19-26(22-51)57-36/h14-16,21,23-26,29-30,32-33,35-36,44,51-52H,11-13,17-20,22H2,1-10H3,(H2,43,45)/t23-,24+,25+,26+,29+,30+,32-,33-,35-,36+,39+,40+,41-/m1/s1. The predicted molar refractivity (Wildman–Crippen MR) is 217 cm³/mol. The number of pyridine rings is 1. The first kappa shape index (κ1) is 47.2. The van der Waals surface area contributed by atoms with E-state index < -0.39 is 89.5 Å². The van der Waals surface area contributed by atoms with Crippen LogP contribution in [0.4, 0.5) is 15.0 Å². The Balaban J connectivity index is 1.43. The van der Waals surface area contributed by atoms with Crippen LogP contribution in [0.5, 0.6) is 0 Å². The fourth-order valence-corrected chi connectivity index (χ4v) is 9.29. The molecular weight excluding hydrogens is 783 g/mol. The number of hydrogen-bond donors (Lipinski definition) is 4. The number of aromatic nitrogens is 4. The van der Waals surface area contributed by atoms with Crippen LogP contribution in [-0.2, 0) is 39.8 Å². The van der Waals surface area contributed by atoms with Gasteiger partial charge in [0.1, 0.15) is 23.7 Å². The van der Waals surface area contributed by atoms with Crippen molar-refractivity contribution in [3.05, 3.63) is 24.4 Å². The molecule has 2 aromatic rings. The molecular formula is C41H65FN8O10. The van der Waals surface area contributed by atoms with Crippen molar-refractivity contribution in [3.63, 3.8) is 0 Å². The van der Waals surface area contributed by atoms with E-state index in [2.05, 4.69) is 20.6 Å². The average Bonchev–Trinajstić information content (AvgIpc) is 3.78. The number of unbranched alkanes of at least 4 members (excludes halogenated alkanes) is 1. The van der Waals surface area contributed by atoms with Gasteiger partial charge in [0, 0.05) is 44.2 Å². The Morgan fingerprint density at radius 3 is 2.43 bits per heavy atom. The number of Topliss-reactive ketones (excluding diaryl/α,β-unsaturated/α-hetero) is 1. The van der Waals surface area contributed by atoms with E-state index in [-0.39, 0.29) is 32.0 Å². The molecule has 2 aromatic heterocycles. The van der Waals surface area contributed by atoms with Gasteiger partial charge in [-0.05, 0) is 93.0 Å². The highest BCUT2D eigenvalue weighted by atomic mass is 19.1. The van der Waals surface area contributed by atoms with E-state index in [9.17, 15) is 24.6 Å². The number of nitrogens with one attached hydrogen (secondary N) is 1. The van der Waals surface area contributed by atoms with Crippen molar-refractivity contribution < 1.29 is 52.7 Å². The lowest BCUT2D eigenvalue weighted by Crippen LogP contribution is -2.64. The first-order valence-corrected chi connectivity index (χ1v) is 20.8. The average molecular weight is 849 g/mol. The number of esters is 1. The third-order valence-corrected chi connectivity index (χ3v) is 12.5. The molecule has 0 bridgehead atoms. The lowest BCUT2D eigenvalue weighted by atomic mass is 9.78. The van der Waals surface area contributed by atoms with Gasteiger partial charge in [-0.3, -0.25) is 14.4 Å². The Morgan fingerprint density at radius 1 is 1.10 bits per heavy atom. The summed E-state index contributed by atoms with van der Waals surface area (Å²) >= 11 is 0. The van der Waals surface area contributed by atoms with Gasteiger partial charge in [0.25, 0.3) is 5.67 Å². The van der Waals surface area contributed by atoms with E-state index in [4.69, 9.17) is 29.4 Å². The maximum Gasteiger partial charge on any atom is 0.410 e. The number of fused-ring (bicyclic) bond motifs is 1. The molecule has 0 radical (unpaired) electrons. The van der Waals surface area contributed by atoms with Gasteiger partial charge in [0.15, 0.2) is 17.7 Å². The molecule has 60 heavy (non-hydrogen) atoms. The fraction of sp³-hybridized carbons (Fsp3) is 0.756. The van der Waals surface area contributed by atoms with Crippen LogP contribution < -0.4 is 11.1 Å². The largest absolute Gasteiger partial charge is 0.455 e. The molecule has 5 heterocycles. The molecule has 5 N–H and O–H groups in total. The molecule has 5 rings (SSSR count). The van der Waals surface area contributed by atoms with Gasteiger partial charge in [0.2, 0.25) is 0 Å². The summed E-state index contributed by atoms with van der Waals surface area (Å²) in [6, 6.07) is 3.22. The van der Waals surface area contributed by atoms with Crippen LogP contribution in [-0.4, -0.2) is 164 Å². The normalized spacial score (nSPS) is 37.1. The van der Waals surface area contributed by atoms with Crippen molar-refractivity contribution in [2.75, 3.05) is 40.1 Å². The van der Waals surface area contributed by atoms with Gasteiger partial charge in [-0.15, -0.1) is 5.10 Å². The molecule has 336 valence electrons. The number of nitrogen functional groups attached to an aromatic ring is 1. The van der Waals surface area contributed by atoms with Crippen molar-refractivity contribution >= 4 is 23.7 Å². The minimum atomic E-state index is -3.17. The number of aliphatic hydroxyl groups excluding tert-OH is 2. The monoisotopic (exact) mass is 848 g/mol. The van der Waals surface area contributed by atoms with Gasteiger partial charge in [-0.25, -0.2) is 19.0 Å². The number of ether oxygens (including phenoxy) is 5. The number of likely N-dealkylation sites (N-methyl/N-ethyl adjacent to an activating group) is 1. The number of alkyl halides is 1. The lowest BCUT2D eigenvalue weighted by Gasteiger charge is -2.47. The maximum absolute atomic E-state index is 16.9. The van der Waals surface area contributed by atoms with E-state index in [1.165, 1.54) is 14.0 Å². The van der Waals surface area contributed by atoms with Crippen LogP contribution >= 0.6 is 0 Å². The summed E-state index contributed by atoms with van der Waals surface area (Å²) in [4.78, 5) is 49.7. The molecule has 3 saturated heterocycles. The number of amides is 1. The second-order valence-electron chi connectivity index (χ2n) is 17.4. The molecule has 1 amide bonds. The summed E-state index contributed by atoms with van der Waals surface area (Å²) in [6.07, 6.45) is -2.71. The van der Waals surface area contributed by atoms with Gasteiger partial charge < -0.3 is 49.8 Å². The van der Waals surface area contributed by atoms with E-state index >= 15 is 4.39 Å². The topological polar surface area (TPSA) is 226 Å². The third kappa shape index (κ3) is 9.77. The maximum atomic E-state index is 16.9. The molecule has 0 saturated carbocycles. The van der Waals surface area contributed by atoms with E-state index in [1.54, 1.807) is 73.7 Å². The van der Waals surface area contributed by atoms with Gasteiger partial charge >= 0.3 is 12.1 Å². The zero-order chi connectivity index (χ0) is 44.3. The molecule has 3 aliphatic heterocycles. The summed E-state index contributed by atoms with van der Waals surface area (Å²) in [5.41, 5.74) is 1.03. The van der Waals surface area contributed by atoms with E-state index in [0.717, 1.165) is 6.92 Å². The predicted octanol–water partition coefficient (Wildman–Crippen LogP) is 2.50. The van der Waals surface area contributed by atoms with Crippen LogP contribution in [0.15, 0.2) is 24.4 Å². The number of halogens is 1. The number of carbonyl (C=O) groups is 3. The van der Waals surface area contributed by atoms with E-state index in [1.807, 2.05) is 13.8 Å². The van der Waals surface area contributed by atoms with Crippen LogP contribution in [0.25, 0.3) is 11.4 Å². The highest BCUT2D eigenvalue weighted by molar-refractivity contribution is 6.07. The molecule has 18 nitrogen and oxygen atoms in total. The van der Waals surface area contributed by atoms with Crippen molar-refractivity contribution in [2.24, 2.45) is 5.92 Å². The summed E-state index contributed by atoms with van der Waals surface area (Å²) in [5.74, 6) is -3.54. The van der Waals surface area contributed by atoms with Gasteiger partial charge in [-0.1, -0.05) is 25.1 Å². The fourth-order valence-electron chi connectivity index (χ4n) is 9.29. The molecule has 3 aliphatic rings. The number of methoxy groups -OCH3 is 1. The molecule has 0 aromatic carbocycles. The minimum Gasteiger partial charge on any atom is -0.455 e. The number of aliphatic hydroxyl groups is 2. The second-order valence-corrected chi connectivity index (χ2v) is 17.4. The Kier molecular flexibility index (Phi) is 15.0. The number of aryl methyl sites for hydroxylation is 1. The molecule has 0 unspecified atom stereocenters. The molecule has 13 atom stereocenters. The highest BCUT2D eigenvalue weighted by Crippen LogP contribution is 2.41. The highest BCUT2D eigenvalue weighted by Gasteiger charge is 2.60. The van der Waals surface area contributed by atoms with Gasteiger partial charge in [0.05, 0.1) is 42.3 Å². The van der Waals surface area contributed by atoms with E-state index in [0.29, 0.717) is 43.0 Å². The number of ketones is 1. The number of carbonyl (C=O) groups excluding carboxylic acids is 3. The van der Waals surface area contributed by atoms with Crippen LogP contribution in [0.3, 0.4) is 0 Å². The quantitative estimate of drug-likeness (QED) is 0.137. The molecule has 3 fully saturated rings. The Hall–Kier alpha value is -3.85. The van der Waals surface area contributed by atoms with Crippen LogP contribution in [0.1, 0.15) is 80.6 Å². The van der Waals surface area contributed by atoms with Crippen LogP contribution in [0.2, 0.25) is 0 Å². The van der Waals surface area contributed by atoms with Crippen molar-refractivity contribution in [2.45, 2.75) is 159 Å². The number of rotatable bonds is 12. The van der Waals surface area contributed by atoms with Crippen molar-refractivity contribution in [1.82, 2.24) is 35.1 Å². The van der Waals surface area contributed by atoms with Crippen molar-refractivity contribution in [3.8, 4) is 11.4 Å². The van der Waals surface area contributed by atoms with Crippen LogP contribution in [0, 0.1) is 5.92 Å². The second kappa shape index (κ2) is 19.0. The number of nitrogens with two attached hydrogens (primary N) is 1. The molecule has 0 aliphatic carbocycles. The molecule has 19 heteroatoms. The Labute approximate surface area is 351 Å². The smallest absolute Gasteiger partial charge is 0.410 e. The minimum absolute atomic E-state index is 0.141. The zero-order valence-electron chi connectivity index (χ0n) is 36.5. The zero-order valence-corrected chi connectivity index (χ0v) is 36.5. The lowest BCUT2D eigenvalue weighted by molar-refractivity contribution is -0.300. The number of anilines is 1. The Morgan fingerprint density at radius 2 is 1.80 bits per heavy atom. The summed E-state index contributed by atoms with van der Waals surface area (Å²) in [7, 11) is 5.00. The summed E-state index contributed by atoms with van der Waals surface area (Å²) in [5, 5.41) is 33.5. The number of cyclic esters (lactones) is 1. The Bertz CT molecular complexity index is 1800. The first-order chi connectivity index (χ1) is 28.2. The van der Waals surface area contributed by atoms with Gasteiger partial charge in [-0.2, -0.15) is 0 Å². The first-order valence-electron chi connectivity index (χ1n) is 20.8. The molecule has 0 spiro atoms. The number of nitrogens with zero attached hydrogens (tertiary/aromatic N) is 6.